The molecule has 0 aliphatic heterocycles. The fourth-order valence-electron chi connectivity index (χ4n) is 4.92. The average molecular weight is 529 g/mol. The summed E-state index contributed by atoms with van der Waals surface area (Å²) in [7, 11) is 0. The monoisotopic (exact) mass is 528 g/mol. The molecule has 0 fully saturated rings. The lowest BCUT2D eigenvalue weighted by Gasteiger charge is -2.28. The number of aromatic nitrogens is 4. The van der Waals surface area contributed by atoms with E-state index < -0.39 is 11.5 Å². The van der Waals surface area contributed by atoms with Crippen LogP contribution in [0.5, 0.6) is 0 Å². The zero-order chi connectivity index (χ0) is 28.4. The first-order chi connectivity index (χ1) is 19.3. The van der Waals surface area contributed by atoms with Crippen molar-refractivity contribution in [2.45, 2.75) is 19.4 Å². The molecule has 196 valence electrons. The molecule has 3 N–H and O–H groups in total. The smallest absolute Gasteiger partial charge is 0.335 e. The van der Waals surface area contributed by atoms with Crippen LogP contribution in [0.1, 0.15) is 41.2 Å². The van der Waals surface area contributed by atoms with E-state index in [2.05, 4.69) is 16.0 Å². The van der Waals surface area contributed by atoms with Gasteiger partial charge in [-0.15, -0.1) is 0 Å². The van der Waals surface area contributed by atoms with Crippen LogP contribution in [0.3, 0.4) is 0 Å². The number of aromatic carboxylic acids is 1. The summed E-state index contributed by atoms with van der Waals surface area (Å²) in [6.45, 7) is 3.09. The molecule has 0 atom stereocenters. The van der Waals surface area contributed by atoms with Gasteiger partial charge in [0, 0.05) is 47.2 Å². The van der Waals surface area contributed by atoms with Crippen molar-refractivity contribution in [2.75, 3.05) is 0 Å². The lowest BCUT2D eigenvalue weighted by molar-refractivity contribution is 0.0697. The van der Waals surface area contributed by atoms with Crippen molar-refractivity contribution in [1.29, 1.82) is 10.7 Å². The fourth-order valence-corrected chi connectivity index (χ4v) is 4.92. The number of benzene rings is 1. The van der Waals surface area contributed by atoms with E-state index in [-0.39, 0.29) is 17.0 Å². The number of carboxylic acids is 1. The first-order valence-electron chi connectivity index (χ1n) is 12.3. The number of rotatable bonds is 7. The number of carboxylic acid groups (broad SMARTS) is 1. The van der Waals surface area contributed by atoms with Gasteiger partial charge in [-0.05, 0) is 61.9 Å². The Balaban J connectivity index is 1.91. The van der Waals surface area contributed by atoms with Gasteiger partial charge in [0.1, 0.15) is 6.07 Å². The van der Waals surface area contributed by atoms with E-state index >= 15 is 0 Å². The minimum absolute atomic E-state index is 0.0303. The van der Waals surface area contributed by atoms with Crippen molar-refractivity contribution < 1.29 is 15.0 Å². The summed E-state index contributed by atoms with van der Waals surface area (Å²) in [4.78, 5) is 25.3. The topological polar surface area (TPSA) is 149 Å². The Hall–Kier alpha value is -5.62. The normalized spacial score (nSPS) is 12.0. The second kappa shape index (κ2) is 10.3. The number of nitriles is 1. The van der Waals surface area contributed by atoms with Crippen LogP contribution in [0.15, 0.2) is 97.3 Å². The maximum absolute atomic E-state index is 11.5. The van der Waals surface area contributed by atoms with Crippen molar-refractivity contribution in [3.63, 3.8) is 0 Å². The minimum Gasteiger partial charge on any atom is -0.512 e. The number of carbonyl (C=O) groups is 1. The van der Waals surface area contributed by atoms with Crippen LogP contribution < -0.4 is 0 Å². The third-order valence-corrected chi connectivity index (χ3v) is 6.70. The molecule has 5 rings (SSSR count). The van der Waals surface area contributed by atoms with Crippen LogP contribution in [0, 0.1) is 16.7 Å². The number of allylic oxidation sites excluding steroid dienone is 2. The highest BCUT2D eigenvalue weighted by Crippen LogP contribution is 2.40. The molecule has 0 bridgehead atoms. The van der Waals surface area contributed by atoms with E-state index in [1.165, 1.54) is 19.1 Å². The number of pyridine rings is 3. The summed E-state index contributed by atoms with van der Waals surface area (Å²) in [5, 5.41) is 38.9. The predicted octanol–water partition coefficient (Wildman–Crippen LogP) is 5.84. The van der Waals surface area contributed by atoms with Crippen molar-refractivity contribution in [3.05, 3.63) is 120 Å². The molecular formula is C31H24N6O3. The largest absolute Gasteiger partial charge is 0.512 e. The Kier molecular flexibility index (Phi) is 6.68. The molecule has 4 aromatic heterocycles. The van der Waals surface area contributed by atoms with E-state index in [9.17, 15) is 20.3 Å². The van der Waals surface area contributed by atoms with Gasteiger partial charge in [0.2, 0.25) is 5.54 Å². The van der Waals surface area contributed by atoms with Crippen molar-refractivity contribution in [1.82, 2.24) is 19.5 Å². The molecule has 0 aliphatic carbocycles. The van der Waals surface area contributed by atoms with E-state index in [0.717, 1.165) is 0 Å². The van der Waals surface area contributed by atoms with Crippen LogP contribution >= 0.6 is 0 Å². The summed E-state index contributed by atoms with van der Waals surface area (Å²) in [5.74, 6) is -1.07. The molecule has 0 saturated carbocycles. The molecule has 5 aromatic rings. The van der Waals surface area contributed by atoms with Crippen LogP contribution in [0.25, 0.3) is 27.7 Å². The number of fused-ring (bicyclic) bond motifs is 1. The lowest BCUT2D eigenvalue weighted by atomic mass is 9.90. The molecule has 40 heavy (non-hydrogen) atoms. The molecule has 9 nitrogen and oxygen atoms in total. The molecule has 0 spiro atoms. The number of nitrogens with zero attached hydrogens (tertiary/aromatic N) is 5. The molecule has 0 amide bonds. The van der Waals surface area contributed by atoms with Gasteiger partial charge in [0.05, 0.1) is 33.7 Å². The van der Waals surface area contributed by atoms with Crippen LogP contribution in [0.2, 0.25) is 0 Å². The zero-order valence-corrected chi connectivity index (χ0v) is 21.7. The molecular weight excluding hydrogens is 504 g/mol. The Morgan fingerprint density at radius 3 is 2.02 bits per heavy atom. The van der Waals surface area contributed by atoms with Gasteiger partial charge < -0.3 is 20.2 Å². The zero-order valence-electron chi connectivity index (χ0n) is 21.7. The maximum atomic E-state index is 11.5. The molecule has 0 saturated heterocycles. The van der Waals surface area contributed by atoms with Gasteiger partial charge >= 0.3 is 5.97 Å². The van der Waals surface area contributed by atoms with E-state index in [1.54, 1.807) is 90.9 Å². The third kappa shape index (κ3) is 4.27. The molecule has 0 aliphatic rings. The van der Waals surface area contributed by atoms with Gasteiger partial charge in [-0.1, -0.05) is 24.3 Å². The summed E-state index contributed by atoms with van der Waals surface area (Å²) < 4.78 is 1.76. The lowest BCUT2D eigenvalue weighted by Crippen LogP contribution is -2.36. The quantitative estimate of drug-likeness (QED) is 0.178. The number of aliphatic hydroxyl groups is 1. The number of hydrogen-bond donors (Lipinski definition) is 3. The molecule has 9 heteroatoms. The average Bonchev–Trinajstić information content (AvgIpc) is 3.34. The maximum Gasteiger partial charge on any atom is 0.335 e. The number of aliphatic hydroxyl groups excluding tert-OH is 1. The molecule has 0 unspecified atom stereocenters. The summed E-state index contributed by atoms with van der Waals surface area (Å²) in [5.41, 5.74) is 2.90. The van der Waals surface area contributed by atoms with Gasteiger partial charge in [-0.25, -0.2) is 4.79 Å². The number of nitrogens with one attached hydrogen (secondary N) is 1. The van der Waals surface area contributed by atoms with Gasteiger partial charge in [-0.2, -0.15) is 5.26 Å². The highest BCUT2D eigenvalue weighted by molar-refractivity contribution is 6.22. The summed E-state index contributed by atoms with van der Waals surface area (Å²) in [6, 6.07) is 21.3. The van der Waals surface area contributed by atoms with Gasteiger partial charge in [-0.3, -0.25) is 15.0 Å². The first-order valence-corrected chi connectivity index (χ1v) is 12.3. The Labute approximate surface area is 229 Å². The van der Waals surface area contributed by atoms with Crippen LogP contribution in [0.4, 0.5) is 0 Å². The van der Waals surface area contributed by atoms with Crippen molar-refractivity contribution in [3.8, 4) is 17.2 Å². The fraction of sp³-hybridized carbons (Fsp3) is 0.0968. The molecule has 4 heterocycles. The number of hydrogen-bond acceptors (Lipinski definition) is 7. The highest BCUT2D eigenvalue weighted by atomic mass is 16.4. The Bertz CT molecular complexity index is 1780. The Morgan fingerprint density at radius 2 is 1.55 bits per heavy atom. The van der Waals surface area contributed by atoms with Crippen molar-refractivity contribution >= 4 is 28.3 Å². The minimum atomic E-state index is -1.52. The Morgan fingerprint density at radius 1 is 0.925 bits per heavy atom. The predicted molar refractivity (Wildman–Crippen MR) is 151 cm³/mol. The second-order valence-corrected chi connectivity index (χ2v) is 9.22. The first kappa shape index (κ1) is 26.0. The third-order valence-electron chi connectivity index (χ3n) is 6.70. The van der Waals surface area contributed by atoms with Crippen LogP contribution in [-0.2, 0) is 5.54 Å². The van der Waals surface area contributed by atoms with E-state index in [0.29, 0.717) is 44.7 Å². The molecule has 1 aromatic carbocycles. The van der Waals surface area contributed by atoms with E-state index in [1.807, 2.05) is 0 Å². The summed E-state index contributed by atoms with van der Waals surface area (Å²) >= 11 is 0. The van der Waals surface area contributed by atoms with Gasteiger partial charge in [0.15, 0.2) is 0 Å². The van der Waals surface area contributed by atoms with E-state index in [4.69, 9.17) is 10.4 Å². The van der Waals surface area contributed by atoms with Gasteiger partial charge in [0.25, 0.3) is 0 Å². The summed E-state index contributed by atoms with van der Waals surface area (Å²) in [6.07, 6.45) is 6.58. The highest BCUT2D eigenvalue weighted by Gasteiger charge is 2.41. The molecule has 0 radical (unpaired) electrons. The second-order valence-electron chi connectivity index (χ2n) is 9.22. The standard InChI is InChI=1S/C31H24N6O3/c1-19(33)28(20(2)38)23-15-25-29(36-16-23)24(21-9-11-22(12-10-21)30(39)40)17-37(25)31(18-32,26-7-3-5-13-34-26)27-8-4-6-14-35-27/h3-17,33,38H,1-2H3,(H,39,40)/b28-20+,33-19?. The van der Waals surface area contributed by atoms with Crippen LogP contribution in [-0.4, -0.2) is 41.4 Å². The van der Waals surface area contributed by atoms with Crippen molar-refractivity contribution in [2.24, 2.45) is 0 Å². The SMILES string of the molecule is CC(=N)/C(=C(/C)O)c1cnc2c(-c3ccc(C(=O)O)cc3)cn(C(C#N)(c3ccccn3)c3ccccn3)c2c1.